The zero-order valence-corrected chi connectivity index (χ0v) is 10.1. The number of amides is 1. The van der Waals surface area contributed by atoms with E-state index >= 15 is 0 Å². The van der Waals surface area contributed by atoms with Crippen molar-refractivity contribution in [2.24, 2.45) is 11.7 Å². The van der Waals surface area contributed by atoms with Gasteiger partial charge in [0, 0.05) is 30.8 Å². The van der Waals surface area contributed by atoms with Gasteiger partial charge in [0.1, 0.15) is 0 Å². The second kappa shape index (κ2) is 4.74. The Balaban J connectivity index is 1.89. The van der Waals surface area contributed by atoms with Gasteiger partial charge in [-0.05, 0) is 31.4 Å². The molecule has 1 amide bonds. The molecule has 1 heterocycles. The van der Waals surface area contributed by atoms with Crippen molar-refractivity contribution in [2.45, 2.75) is 37.8 Å². The summed E-state index contributed by atoms with van der Waals surface area (Å²) in [6.45, 7) is 0. The van der Waals surface area contributed by atoms with E-state index in [4.69, 9.17) is 5.73 Å². The normalized spacial score (nSPS) is 35.7. The Morgan fingerprint density at radius 1 is 1.40 bits per heavy atom. The Hall–Kier alpha value is -0.220. The molecule has 0 aromatic heterocycles. The first-order valence-electron chi connectivity index (χ1n) is 5.78. The van der Waals surface area contributed by atoms with E-state index in [-0.39, 0.29) is 12.0 Å². The van der Waals surface area contributed by atoms with Crippen LogP contribution in [0.15, 0.2) is 0 Å². The molecule has 2 rings (SSSR count). The molecule has 15 heavy (non-hydrogen) atoms. The van der Waals surface area contributed by atoms with Crippen LogP contribution in [0.5, 0.6) is 0 Å². The molecular weight excluding hydrogens is 208 g/mol. The summed E-state index contributed by atoms with van der Waals surface area (Å²) in [5.74, 6) is 2.85. The maximum absolute atomic E-state index is 12.1. The average molecular weight is 228 g/mol. The van der Waals surface area contributed by atoms with Gasteiger partial charge in [-0.1, -0.05) is 0 Å². The molecule has 1 saturated heterocycles. The zero-order valence-electron chi connectivity index (χ0n) is 9.32. The predicted molar refractivity (Wildman–Crippen MR) is 63.8 cm³/mol. The number of rotatable bonds is 2. The molecule has 3 unspecified atom stereocenters. The second-order valence-electron chi connectivity index (χ2n) is 4.74. The molecular formula is C11H20N2OS. The molecule has 1 aliphatic heterocycles. The molecule has 1 aliphatic carbocycles. The second-order valence-corrected chi connectivity index (χ2v) is 5.89. The van der Waals surface area contributed by atoms with Gasteiger partial charge in [0.25, 0.3) is 0 Å². The van der Waals surface area contributed by atoms with Crippen LogP contribution in [-0.4, -0.2) is 41.4 Å². The fraction of sp³-hybridized carbons (Fsp3) is 0.909. The number of hydrogen-bond donors (Lipinski definition) is 1. The fourth-order valence-corrected chi connectivity index (χ4v) is 3.80. The van der Waals surface area contributed by atoms with E-state index < -0.39 is 0 Å². The Labute approximate surface area is 95.8 Å². The summed E-state index contributed by atoms with van der Waals surface area (Å²) >= 11 is 1.95. The van der Waals surface area contributed by atoms with Crippen molar-refractivity contribution < 1.29 is 4.79 Å². The molecule has 0 radical (unpaired) electrons. The van der Waals surface area contributed by atoms with Crippen LogP contribution < -0.4 is 5.73 Å². The van der Waals surface area contributed by atoms with E-state index in [1.54, 1.807) is 0 Å². The first-order valence-corrected chi connectivity index (χ1v) is 6.94. The molecule has 0 spiro atoms. The molecule has 2 aliphatic rings. The summed E-state index contributed by atoms with van der Waals surface area (Å²) < 4.78 is 0. The molecule has 3 atom stereocenters. The predicted octanol–water partition coefficient (Wildman–Crippen LogP) is 1.08. The molecule has 2 N–H and O–H groups in total. The van der Waals surface area contributed by atoms with Gasteiger partial charge in [0.05, 0.1) is 0 Å². The lowest BCUT2D eigenvalue weighted by Crippen LogP contribution is -2.40. The van der Waals surface area contributed by atoms with Crippen LogP contribution in [-0.2, 0) is 4.79 Å². The first-order chi connectivity index (χ1) is 7.18. The van der Waals surface area contributed by atoms with Crippen LogP contribution in [0, 0.1) is 5.92 Å². The smallest absolute Gasteiger partial charge is 0.225 e. The lowest BCUT2D eigenvalue weighted by atomic mass is 10.1. The Kier molecular flexibility index (Phi) is 3.57. The van der Waals surface area contributed by atoms with E-state index in [2.05, 4.69) is 0 Å². The van der Waals surface area contributed by atoms with Crippen molar-refractivity contribution in [3.63, 3.8) is 0 Å². The Morgan fingerprint density at radius 3 is 2.73 bits per heavy atom. The highest BCUT2D eigenvalue weighted by Gasteiger charge is 2.33. The van der Waals surface area contributed by atoms with Gasteiger partial charge in [-0.2, -0.15) is 11.8 Å². The van der Waals surface area contributed by atoms with E-state index in [1.165, 1.54) is 5.75 Å². The van der Waals surface area contributed by atoms with E-state index in [1.807, 2.05) is 23.7 Å². The van der Waals surface area contributed by atoms with Crippen molar-refractivity contribution in [1.29, 1.82) is 0 Å². The molecule has 1 saturated carbocycles. The summed E-state index contributed by atoms with van der Waals surface area (Å²) in [5.41, 5.74) is 5.84. The van der Waals surface area contributed by atoms with Crippen LogP contribution in [0.2, 0.25) is 0 Å². The molecule has 4 heteroatoms. The number of carbonyl (C=O) groups is 1. The van der Waals surface area contributed by atoms with Crippen molar-refractivity contribution >= 4 is 17.7 Å². The van der Waals surface area contributed by atoms with Crippen LogP contribution in [0.25, 0.3) is 0 Å². The van der Waals surface area contributed by atoms with E-state index in [9.17, 15) is 4.79 Å². The van der Waals surface area contributed by atoms with Gasteiger partial charge in [0.15, 0.2) is 0 Å². The molecule has 86 valence electrons. The Bertz CT molecular complexity index is 241. The molecule has 2 fully saturated rings. The van der Waals surface area contributed by atoms with E-state index in [0.29, 0.717) is 11.9 Å². The van der Waals surface area contributed by atoms with Crippen LogP contribution in [0.4, 0.5) is 0 Å². The van der Waals surface area contributed by atoms with Gasteiger partial charge in [-0.15, -0.1) is 0 Å². The summed E-state index contributed by atoms with van der Waals surface area (Å²) in [5, 5.41) is 0. The summed E-state index contributed by atoms with van der Waals surface area (Å²) in [6.07, 6.45) is 4.06. The van der Waals surface area contributed by atoms with Gasteiger partial charge in [0.2, 0.25) is 5.91 Å². The molecule has 0 bridgehead atoms. The van der Waals surface area contributed by atoms with Gasteiger partial charge in [-0.25, -0.2) is 0 Å². The minimum absolute atomic E-state index is 0.204. The number of nitrogens with zero attached hydrogens (tertiary/aromatic N) is 1. The maximum atomic E-state index is 12.1. The van der Waals surface area contributed by atoms with Crippen LogP contribution >= 0.6 is 11.8 Å². The lowest BCUT2D eigenvalue weighted by molar-refractivity contribution is -0.135. The van der Waals surface area contributed by atoms with Crippen LogP contribution in [0.3, 0.4) is 0 Å². The SMILES string of the molecule is CN(C(=O)C1CCC(N)C1)C1CCSC1. The highest BCUT2D eigenvalue weighted by Crippen LogP contribution is 2.28. The van der Waals surface area contributed by atoms with Crippen LogP contribution in [0.1, 0.15) is 25.7 Å². The number of carbonyl (C=O) groups excluding carboxylic acids is 1. The Morgan fingerprint density at radius 2 is 2.20 bits per heavy atom. The summed E-state index contributed by atoms with van der Waals surface area (Å²) in [4.78, 5) is 14.1. The number of thioether (sulfide) groups is 1. The first kappa shape index (κ1) is 11.3. The van der Waals surface area contributed by atoms with E-state index in [0.717, 1.165) is 31.4 Å². The monoisotopic (exact) mass is 228 g/mol. The largest absolute Gasteiger partial charge is 0.342 e. The lowest BCUT2D eigenvalue weighted by Gasteiger charge is -2.26. The summed E-state index contributed by atoms with van der Waals surface area (Å²) in [6, 6.07) is 0.727. The van der Waals surface area contributed by atoms with Crippen molar-refractivity contribution in [1.82, 2.24) is 4.90 Å². The van der Waals surface area contributed by atoms with Crippen molar-refractivity contribution in [3.8, 4) is 0 Å². The standard InChI is InChI=1S/C11H20N2OS/c1-13(10-4-5-15-7-10)11(14)8-2-3-9(12)6-8/h8-10H,2-7,12H2,1H3. The number of hydrogen-bond acceptors (Lipinski definition) is 3. The zero-order chi connectivity index (χ0) is 10.8. The number of nitrogens with two attached hydrogens (primary N) is 1. The summed E-state index contributed by atoms with van der Waals surface area (Å²) in [7, 11) is 1.96. The van der Waals surface area contributed by atoms with Crippen molar-refractivity contribution in [2.75, 3.05) is 18.6 Å². The molecule has 0 aromatic carbocycles. The molecule has 0 aromatic rings. The van der Waals surface area contributed by atoms with Gasteiger partial charge >= 0.3 is 0 Å². The average Bonchev–Trinajstić information content (AvgIpc) is 2.85. The minimum atomic E-state index is 0.204. The molecule has 3 nitrogen and oxygen atoms in total. The fourth-order valence-electron chi connectivity index (χ4n) is 2.54. The third-order valence-electron chi connectivity index (χ3n) is 3.62. The quantitative estimate of drug-likeness (QED) is 0.769. The highest BCUT2D eigenvalue weighted by molar-refractivity contribution is 7.99. The third-order valence-corrected chi connectivity index (χ3v) is 4.77. The maximum Gasteiger partial charge on any atom is 0.225 e. The third kappa shape index (κ3) is 2.48. The minimum Gasteiger partial charge on any atom is -0.342 e. The topological polar surface area (TPSA) is 46.3 Å². The highest BCUT2D eigenvalue weighted by atomic mass is 32.2. The van der Waals surface area contributed by atoms with Gasteiger partial charge in [-0.3, -0.25) is 4.79 Å². The van der Waals surface area contributed by atoms with Gasteiger partial charge < -0.3 is 10.6 Å². The van der Waals surface area contributed by atoms with Crippen molar-refractivity contribution in [3.05, 3.63) is 0 Å².